The van der Waals surface area contributed by atoms with Crippen molar-refractivity contribution in [1.29, 1.82) is 0 Å². The fourth-order valence-electron chi connectivity index (χ4n) is 3.00. The van der Waals surface area contributed by atoms with Crippen LogP contribution in [0.25, 0.3) is 0 Å². The summed E-state index contributed by atoms with van der Waals surface area (Å²) in [5, 5.41) is 0. The molecule has 2 saturated heterocycles. The number of ether oxygens (including phenoxy) is 1. The highest BCUT2D eigenvalue weighted by Crippen LogP contribution is 2.26. The van der Waals surface area contributed by atoms with Crippen LogP contribution in [0.15, 0.2) is 24.3 Å². The lowest BCUT2D eigenvalue weighted by atomic mass is 10.1. The van der Waals surface area contributed by atoms with E-state index in [0.29, 0.717) is 19.5 Å². The first kappa shape index (κ1) is 14.0. The second-order valence-electron chi connectivity index (χ2n) is 5.57. The molecule has 4 nitrogen and oxygen atoms in total. The van der Waals surface area contributed by atoms with E-state index >= 15 is 0 Å². The minimum absolute atomic E-state index is 0.0630. The standard InChI is InChI=1S/C17H20N2O2/c1-2-14-11-17(20)19(12-14)13-15-5-3-4-6-16(15)18-7-9-21-10-8-18/h1,3-6,14H,7-13H2. The van der Waals surface area contributed by atoms with Crippen LogP contribution in [0, 0.1) is 18.3 Å². The molecule has 0 bridgehead atoms. The van der Waals surface area contributed by atoms with Gasteiger partial charge in [0.15, 0.2) is 0 Å². The van der Waals surface area contributed by atoms with Crippen LogP contribution in [0.2, 0.25) is 0 Å². The van der Waals surface area contributed by atoms with Crippen molar-refractivity contribution in [2.24, 2.45) is 5.92 Å². The summed E-state index contributed by atoms with van der Waals surface area (Å²) in [6.45, 7) is 4.64. The van der Waals surface area contributed by atoms with Crippen molar-refractivity contribution in [3.8, 4) is 12.3 Å². The lowest BCUT2D eigenvalue weighted by molar-refractivity contribution is -0.128. The van der Waals surface area contributed by atoms with Crippen LogP contribution in [0.1, 0.15) is 12.0 Å². The molecule has 2 aliphatic rings. The molecule has 1 aromatic carbocycles. The Morgan fingerprint density at radius 3 is 2.76 bits per heavy atom. The third kappa shape index (κ3) is 3.03. The van der Waals surface area contributed by atoms with Crippen molar-refractivity contribution in [3.05, 3.63) is 29.8 Å². The molecule has 0 aliphatic carbocycles. The van der Waals surface area contributed by atoms with Crippen LogP contribution >= 0.6 is 0 Å². The van der Waals surface area contributed by atoms with E-state index in [-0.39, 0.29) is 11.8 Å². The van der Waals surface area contributed by atoms with Gasteiger partial charge < -0.3 is 14.5 Å². The molecule has 4 heteroatoms. The van der Waals surface area contributed by atoms with Gasteiger partial charge in [-0.2, -0.15) is 0 Å². The number of likely N-dealkylation sites (tertiary alicyclic amines) is 1. The minimum atomic E-state index is 0.0630. The number of carbonyl (C=O) groups is 1. The Bertz CT molecular complexity index is 558. The molecular formula is C17H20N2O2. The summed E-state index contributed by atoms with van der Waals surface area (Å²) in [6, 6.07) is 8.30. The molecule has 2 aliphatic heterocycles. The topological polar surface area (TPSA) is 32.8 Å². The van der Waals surface area contributed by atoms with E-state index in [2.05, 4.69) is 23.0 Å². The first-order valence-corrected chi connectivity index (χ1v) is 7.42. The maximum Gasteiger partial charge on any atom is 0.224 e. The Morgan fingerprint density at radius 2 is 2.05 bits per heavy atom. The van der Waals surface area contributed by atoms with Gasteiger partial charge in [-0.3, -0.25) is 4.79 Å². The average molecular weight is 284 g/mol. The van der Waals surface area contributed by atoms with Crippen LogP contribution in [-0.4, -0.2) is 43.7 Å². The number of carbonyl (C=O) groups excluding carboxylic acids is 1. The predicted molar refractivity (Wildman–Crippen MR) is 81.8 cm³/mol. The highest BCUT2D eigenvalue weighted by Gasteiger charge is 2.29. The number of anilines is 1. The molecule has 1 atom stereocenters. The molecule has 2 heterocycles. The summed E-state index contributed by atoms with van der Waals surface area (Å²) < 4.78 is 5.41. The second-order valence-corrected chi connectivity index (χ2v) is 5.57. The minimum Gasteiger partial charge on any atom is -0.378 e. The van der Waals surface area contributed by atoms with Gasteiger partial charge in [0, 0.05) is 44.2 Å². The molecule has 2 fully saturated rings. The Balaban J connectivity index is 1.76. The molecule has 0 aromatic heterocycles. The summed E-state index contributed by atoms with van der Waals surface area (Å²) >= 11 is 0. The summed E-state index contributed by atoms with van der Waals surface area (Å²) in [5.74, 6) is 2.92. The van der Waals surface area contributed by atoms with Gasteiger partial charge in [0.25, 0.3) is 0 Å². The van der Waals surface area contributed by atoms with Gasteiger partial charge in [-0.05, 0) is 11.6 Å². The first-order chi connectivity index (χ1) is 10.3. The molecule has 3 rings (SSSR count). The van der Waals surface area contributed by atoms with E-state index in [0.717, 1.165) is 26.3 Å². The summed E-state index contributed by atoms with van der Waals surface area (Å²) in [5.41, 5.74) is 2.39. The largest absolute Gasteiger partial charge is 0.378 e. The van der Waals surface area contributed by atoms with Gasteiger partial charge in [-0.15, -0.1) is 12.3 Å². The summed E-state index contributed by atoms with van der Waals surface area (Å²) in [6.07, 6.45) is 5.93. The number of benzene rings is 1. The molecule has 1 amide bonds. The van der Waals surface area contributed by atoms with Gasteiger partial charge >= 0.3 is 0 Å². The van der Waals surface area contributed by atoms with Gasteiger partial charge in [-0.25, -0.2) is 0 Å². The highest BCUT2D eigenvalue weighted by atomic mass is 16.5. The van der Waals surface area contributed by atoms with E-state index in [4.69, 9.17) is 11.2 Å². The van der Waals surface area contributed by atoms with E-state index in [1.807, 2.05) is 17.0 Å². The Labute approximate surface area is 125 Å². The molecule has 1 aromatic rings. The van der Waals surface area contributed by atoms with E-state index in [1.165, 1.54) is 11.3 Å². The predicted octanol–water partition coefficient (Wildman–Crippen LogP) is 1.50. The van der Waals surface area contributed by atoms with Gasteiger partial charge in [0.05, 0.1) is 13.2 Å². The second kappa shape index (κ2) is 6.19. The number of morpholine rings is 1. The summed E-state index contributed by atoms with van der Waals surface area (Å²) in [7, 11) is 0. The normalized spacial score (nSPS) is 22.4. The molecule has 0 saturated carbocycles. The van der Waals surface area contributed by atoms with E-state index in [9.17, 15) is 4.79 Å². The van der Waals surface area contributed by atoms with Crippen molar-refractivity contribution >= 4 is 11.6 Å². The lowest BCUT2D eigenvalue weighted by Gasteiger charge is -2.31. The fraction of sp³-hybridized carbons (Fsp3) is 0.471. The van der Waals surface area contributed by atoms with Crippen molar-refractivity contribution in [3.63, 3.8) is 0 Å². The first-order valence-electron chi connectivity index (χ1n) is 7.42. The number of terminal acetylenes is 1. The lowest BCUT2D eigenvalue weighted by Crippen LogP contribution is -2.37. The molecule has 0 N–H and O–H groups in total. The SMILES string of the molecule is C#CC1CC(=O)N(Cc2ccccc2N2CCOCC2)C1. The third-order valence-corrected chi connectivity index (χ3v) is 4.15. The molecule has 110 valence electrons. The van der Waals surface area contributed by atoms with Crippen LogP contribution in [-0.2, 0) is 16.1 Å². The molecule has 0 radical (unpaired) electrons. The van der Waals surface area contributed by atoms with Crippen molar-refractivity contribution < 1.29 is 9.53 Å². The Kier molecular flexibility index (Phi) is 4.12. The molecule has 21 heavy (non-hydrogen) atoms. The van der Waals surface area contributed by atoms with E-state index < -0.39 is 0 Å². The molecule has 0 spiro atoms. The third-order valence-electron chi connectivity index (χ3n) is 4.15. The number of nitrogens with zero attached hydrogens (tertiary/aromatic N) is 2. The Hall–Kier alpha value is -1.99. The van der Waals surface area contributed by atoms with Crippen LogP contribution < -0.4 is 4.90 Å². The van der Waals surface area contributed by atoms with Crippen molar-refractivity contribution in [2.45, 2.75) is 13.0 Å². The number of rotatable bonds is 3. The van der Waals surface area contributed by atoms with E-state index in [1.54, 1.807) is 0 Å². The smallest absolute Gasteiger partial charge is 0.224 e. The van der Waals surface area contributed by atoms with Crippen LogP contribution in [0.4, 0.5) is 5.69 Å². The number of para-hydroxylation sites is 1. The van der Waals surface area contributed by atoms with Gasteiger partial charge in [-0.1, -0.05) is 18.2 Å². The zero-order valence-corrected chi connectivity index (χ0v) is 12.1. The van der Waals surface area contributed by atoms with Gasteiger partial charge in [0.1, 0.15) is 0 Å². The number of hydrogen-bond donors (Lipinski definition) is 0. The van der Waals surface area contributed by atoms with Crippen LogP contribution in [0.5, 0.6) is 0 Å². The average Bonchev–Trinajstić information content (AvgIpc) is 2.89. The summed E-state index contributed by atoms with van der Waals surface area (Å²) in [4.78, 5) is 16.2. The maximum absolute atomic E-state index is 12.0. The quantitative estimate of drug-likeness (QED) is 0.789. The maximum atomic E-state index is 12.0. The van der Waals surface area contributed by atoms with Crippen molar-refractivity contribution in [2.75, 3.05) is 37.7 Å². The zero-order chi connectivity index (χ0) is 14.7. The number of amides is 1. The molecule has 1 unspecified atom stereocenters. The fourth-order valence-corrected chi connectivity index (χ4v) is 3.00. The Morgan fingerprint density at radius 1 is 1.29 bits per heavy atom. The number of hydrogen-bond acceptors (Lipinski definition) is 3. The van der Waals surface area contributed by atoms with Gasteiger partial charge in [0.2, 0.25) is 5.91 Å². The highest BCUT2D eigenvalue weighted by molar-refractivity contribution is 5.79. The zero-order valence-electron chi connectivity index (χ0n) is 12.1. The molecular weight excluding hydrogens is 264 g/mol. The van der Waals surface area contributed by atoms with Crippen molar-refractivity contribution in [1.82, 2.24) is 4.90 Å². The monoisotopic (exact) mass is 284 g/mol. The van der Waals surface area contributed by atoms with Crippen LogP contribution in [0.3, 0.4) is 0 Å².